The van der Waals surface area contributed by atoms with Crippen LogP contribution in [0.25, 0.3) is 6.08 Å². The second-order valence-corrected chi connectivity index (χ2v) is 5.61. The molecule has 0 aliphatic rings. The van der Waals surface area contributed by atoms with Crippen LogP contribution in [0.2, 0.25) is 0 Å². The van der Waals surface area contributed by atoms with Crippen LogP contribution < -0.4 is 14.8 Å². The van der Waals surface area contributed by atoms with Gasteiger partial charge in [-0.05, 0) is 42.2 Å². The van der Waals surface area contributed by atoms with Crippen molar-refractivity contribution in [2.45, 2.75) is 12.5 Å². The monoisotopic (exact) mass is 325 g/mol. The van der Waals surface area contributed by atoms with E-state index in [0.29, 0.717) is 17.9 Å². The number of nitrogens with one attached hydrogen (secondary N) is 1. The highest BCUT2D eigenvalue weighted by atomic mass is 32.2. The lowest BCUT2D eigenvalue weighted by Gasteiger charge is -2.10. The number of amides is 1. The van der Waals surface area contributed by atoms with Gasteiger partial charge in [0.05, 0.1) is 20.3 Å². The van der Waals surface area contributed by atoms with Gasteiger partial charge in [0, 0.05) is 12.6 Å². The molecule has 0 aliphatic carbocycles. The quantitative estimate of drug-likeness (QED) is 0.679. The average Bonchev–Trinajstić information content (AvgIpc) is 2.55. The molecule has 1 amide bonds. The van der Waals surface area contributed by atoms with Gasteiger partial charge in [0.25, 0.3) is 0 Å². The average molecular weight is 325 g/mol. The molecule has 1 unspecified atom stereocenters. The van der Waals surface area contributed by atoms with E-state index in [-0.39, 0.29) is 12.5 Å². The Bertz CT molecular complexity index is 505. The standard InChI is InChI=1S/C16H23NO4S/c1-20-14-6-4-12(10-15(14)21-2)5-7-16(19)17-11-13(18)8-9-22-3/h4-7,10,13,18H,8-9,11H2,1-3H3,(H,17,19). The summed E-state index contributed by atoms with van der Waals surface area (Å²) in [4.78, 5) is 11.7. The maximum atomic E-state index is 11.7. The highest BCUT2D eigenvalue weighted by Crippen LogP contribution is 2.27. The molecule has 5 nitrogen and oxygen atoms in total. The van der Waals surface area contributed by atoms with Crippen molar-refractivity contribution in [3.05, 3.63) is 29.8 Å². The fourth-order valence-electron chi connectivity index (χ4n) is 1.76. The lowest BCUT2D eigenvalue weighted by atomic mass is 10.2. The Morgan fingerprint density at radius 1 is 1.36 bits per heavy atom. The molecule has 0 saturated carbocycles. The van der Waals surface area contributed by atoms with Gasteiger partial charge in [-0.3, -0.25) is 4.79 Å². The first kappa shape index (κ1) is 18.4. The number of thioether (sulfide) groups is 1. The number of hydrogen-bond acceptors (Lipinski definition) is 5. The highest BCUT2D eigenvalue weighted by Gasteiger charge is 2.05. The molecular formula is C16H23NO4S. The van der Waals surface area contributed by atoms with Crippen molar-refractivity contribution >= 4 is 23.7 Å². The minimum absolute atomic E-state index is 0.238. The third-order valence-electron chi connectivity index (χ3n) is 3.00. The van der Waals surface area contributed by atoms with Crippen molar-refractivity contribution in [2.24, 2.45) is 0 Å². The molecule has 0 aliphatic heterocycles. The molecule has 0 bridgehead atoms. The Labute approximate surface area is 135 Å². The lowest BCUT2D eigenvalue weighted by Crippen LogP contribution is -2.31. The topological polar surface area (TPSA) is 67.8 Å². The first-order valence-electron chi connectivity index (χ1n) is 6.95. The summed E-state index contributed by atoms with van der Waals surface area (Å²) in [7, 11) is 3.14. The van der Waals surface area contributed by atoms with E-state index in [2.05, 4.69) is 5.32 Å². The summed E-state index contributed by atoms with van der Waals surface area (Å²) in [5, 5.41) is 12.3. The molecule has 22 heavy (non-hydrogen) atoms. The molecular weight excluding hydrogens is 302 g/mol. The zero-order valence-electron chi connectivity index (χ0n) is 13.2. The van der Waals surface area contributed by atoms with Gasteiger partial charge >= 0.3 is 0 Å². The first-order chi connectivity index (χ1) is 10.6. The van der Waals surface area contributed by atoms with E-state index in [1.165, 1.54) is 6.08 Å². The molecule has 122 valence electrons. The zero-order chi connectivity index (χ0) is 16.4. The molecule has 1 atom stereocenters. The Hall–Kier alpha value is -1.66. The molecule has 0 radical (unpaired) electrons. The van der Waals surface area contributed by atoms with Crippen LogP contribution in [-0.2, 0) is 4.79 Å². The predicted molar refractivity (Wildman–Crippen MR) is 90.6 cm³/mol. The first-order valence-corrected chi connectivity index (χ1v) is 8.35. The molecule has 2 N–H and O–H groups in total. The normalized spacial score (nSPS) is 12.2. The lowest BCUT2D eigenvalue weighted by molar-refractivity contribution is -0.116. The molecule has 1 aromatic carbocycles. The summed E-state index contributed by atoms with van der Waals surface area (Å²) in [6, 6.07) is 5.40. The summed E-state index contributed by atoms with van der Waals surface area (Å²) < 4.78 is 10.4. The highest BCUT2D eigenvalue weighted by molar-refractivity contribution is 7.98. The predicted octanol–water partition coefficient (Wildman–Crippen LogP) is 1.95. The van der Waals surface area contributed by atoms with Crippen molar-refractivity contribution in [3.8, 4) is 11.5 Å². The van der Waals surface area contributed by atoms with Crippen LogP contribution >= 0.6 is 11.8 Å². The Balaban J connectivity index is 2.51. The third-order valence-corrected chi connectivity index (χ3v) is 3.65. The molecule has 1 aromatic rings. The van der Waals surface area contributed by atoms with Gasteiger partial charge in [-0.15, -0.1) is 0 Å². The molecule has 0 saturated heterocycles. The van der Waals surface area contributed by atoms with E-state index >= 15 is 0 Å². The van der Waals surface area contributed by atoms with Gasteiger partial charge in [-0.2, -0.15) is 11.8 Å². The summed E-state index contributed by atoms with van der Waals surface area (Å²) in [6.07, 6.45) is 5.26. The van der Waals surface area contributed by atoms with E-state index in [1.807, 2.05) is 12.3 Å². The number of carbonyl (C=O) groups excluding carboxylic acids is 1. The zero-order valence-corrected chi connectivity index (χ0v) is 14.0. The van der Waals surface area contributed by atoms with Crippen molar-refractivity contribution in [1.82, 2.24) is 5.32 Å². The maximum absolute atomic E-state index is 11.7. The summed E-state index contributed by atoms with van der Waals surface area (Å²) in [5.41, 5.74) is 0.829. The van der Waals surface area contributed by atoms with Crippen LogP contribution in [0, 0.1) is 0 Å². The van der Waals surface area contributed by atoms with Gasteiger partial charge in [0.1, 0.15) is 0 Å². The SMILES string of the molecule is COc1ccc(C=CC(=O)NCC(O)CCSC)cc1OC. The second kappa shape index (κ2) is 10.1. The number of carbonyl (C=O) groups is 1. The van der Waals surface area contributed by atoms with Crippen LogP contribution in [0.15, 0.2) is 24.3 Å². The van der Waals surface area contributed by atoms with Crippen LogP contribution in [-0.4, -0.2) is 49.9 Å². The smallest absolute Gasteiger partial charge is 0.244 e. The molecule has 0 aromatic heterocycles. The van der Waals surface area contributed by atoms with E-state index in [4.69, 9.17) is 9.47 Å². The Kier molecular flexibility index (Phi) is 8.47. The fraction of sp³-hybridized carbons (Fsp3) is 0.438. The summed E-state index contributed by atoms with van der Waals surface area (Å²) in [6.45, 7) is 0.260. The Morgan fingerprint density at radius 3 is 2.73 bits per heavy atom. The second-order valence-electron chi connectivity index (χ2n) is 4.63. The third kappa shape index (κ3) is 6.41. The number of rotatable bonds is 9. The van der Waals surface area contributed by atoms with Crippen molar-refractivity contribution in [3.63, 3.8) is 0 Å². The summed E-state index contributed by atoms with van der Waals surface area (Å²) in [5.74, 6) is 1.88. The van der Waals surface area contributed by atoms with Crippen LogP contribution in [0.1, 0.15) is 12.0 Å². The minimum atomic E-state index is -0.508. The number of benzene rings is 1. The van der Waals surface area contributed by atoms with Gasteiger partial charge in [-0.1, -0.05) is 6.07 Å². The molecule has 0 heterocycles. The van der Waals surface area contributed by atoms with E-state index in [1.54, 1.807) is 44.2 Å². The number of aliphatic hydroxyl groups is 1. The molecule has 6 heteroatoms. The van der Waals surface area contributed by atoms with E-state index in [0.717, 1.165) is 11.3 Å². The van der Waals surface area contributed by atoms with Crippen molar-refractivity contribution in [1.29, 1.82) is 0 Å². The van der Waals surface area contributed by atoms with Gasteiger partial charge in [-0.25, -0.2) is 0 Å². The number of aliphatic hydroxyl groups excluding tert-OH is 1. The Morgan fingerprint density at radius 2 is 2.09 bits per heavy atom. The van der Waals surface area contributed by atoms with Gasteiger partial charge in [0.2, 0.25) is 5.91 Å². The van der Waals surface area contributed by atoms with Gasteiger partial charge < -0.3 is 19.9 Å². The van der Waals surface area contributed by atoms with Crippen LogP contribution in [0.3, 0.4) is 0 Å². The summed E-state index contributed by atoms with van der Waals surface area (Å²) >= 11 is 1.67. The van der Waals surface area contributed by atoms with Crippen LogP contribution in [0.4, 0.5) is 0 Å². The number of hydrogen-bond donors (Lipinski definition) is 2. The van der Waals surface area contributed by atoms with E-state index < -0.39 is 6.10 Å². The number of ether oxygens (including phenoxy) is 2. The van der Waals surface area contributed by atoms with Gasteiger partial charge in [0.15, 0.2) is 11.5 Å². The van der Waals surface area contributed by atoms with Crippen molar-refractivity contribution in [2.75, 3.05) is 32.8 Å². The molecule has 0 fully saturated rings. The fourth-order valence-corrected chi connectivity index (χ4v) is 2.27. The number of methoxy groups -OCH3 is 2. The largest absolute Gasteiger partial charge is 0.493 e. The van der Waals surface area contributed by atoms with Crippen molar-refractivity contribution < 1.29 is 19.4 Å². The molecule has 0 spiro atoms. The molecule has 1 rings (SSSR count). The maximum Gasteiger partial charge on any atom is 0.244 e. The van der Waals surface area contributed by atoms with Crippen LogP contribution in [0.5, 0.6) is 11.5 Å². The minimum Gasteiger partial charge on any atom is -0.493 e. The van der Waals surface area contributed by atoms with E-state index in [9.17, 15) is 9.90 Å².